The molecule has 0 saturated carbocycles. The lowest BCUT2D eigenvalue weighted by Gasteiger charge is -2.23. The molecule has 6 rings (SSSR count). The maximum Gasteiger partial charge on any atom is 0.157 e. The van der Waals surface area contributed by atoms with E-state index in [1.165, 1.54) is 12.8 Å². The number of benzene rings is 1. The Labute approximate surface area is 179 Å². The summed E-state index contributed by atoms with van der Waals surface area (Å²) in [6.07, 6.45) is 8.70. The lowest BCUT2D eigenvalue weighted by Crippen LogP contribution is -2.27. The van der Waals surface area contributed by atoms with E-state index in [0.717, 1.165) is 51.4 Å². The average Bonchev–Trinajstić information content (AvgIpc) is 3.53. The number of rotatable bonds is 4. The average molecular weight is 409 g/mol. The van der Waals surface area contributed by atoms with E-state index in [9.17, 15) is 0 Å². The van der Waals surface area contributed by atoms with Crippen LogP contribution in [0.15, 0.2) is 61.1 Å². The predicted octanol–water partition coefficient (Wildman–Crippen LogP) is 4.25. The van der Waals surface area contributed by atoms with Gasteiger partial charge in [0.1, 0.15) is 5.82 Å². The number of nitrogens with zero attached hydrogens (tertiary/aromatic N) is 6. The molecule has 4 aromatic heterocycles. The Hall–Kier alpha value is -3.74. The first-order valence-electron chi connectivity index (χ1n) is 10.7. The highest BCUT2D eigenvalue weighted by Gasteiger charge is 2.21. The van der Waals surface area contributed by atoms with Gasteiger partial charge in [-0.15, -0.1) is 0 Å². The van der Waals surface area contributed by atoms with Gasteiger partial charge in [0.25, 0.3) is 0 Å². The van der Waals surface area contributed by atoms with Gasteiger partial charge in [0.15, 0.2) is 5.65 Å². The van der Waals surface area contributed by atoms with Crippen LogP contribution in [0.3, 0.4) is 0 Å². The number of nitrogens with one attached hydrogen (secondary N) is 1. The molecule has 1 unspecified atom stereocenters. The van der Waals surface area contributed by atoms with Gasteiger partial charge in [-0.05, 0) is 50.1 Å². The van der Waals surface area contributed by atoms with Crippen molar-refractivity contribution in [2.24, 2.45) is 0 Å². The summed E-state index contributed by atoms with van der Waals surface area (Å²) in [5, 5.41) is 13.0. The second kappa shape index (κ2) is 7.19. The van der Waals surface area contributed by atoms with E-state index < -0.39 is 0 Å². The van der Waals surface area contributed by atoms with E-state index in [-0.39, 0.29) is 0 Å². The molecule has 154 valence electrons. The van der Waals surface area contributed by atoms with Crippen LogP contribution in [-0.4, -0.2) is 42.4 Å². The Balaban J connectivity index is 1.39. The van der Waals surface area contributed by atoms with Crippen LogP contribution in [-0.2, 0) is 6.42 Å². The zero-order chi connectivity index (χ0) is 20.8. The van der Waals surface area contributed by atoms with Crippen molar-refractivity contribution in [3.05, 3.63) is 72.3 Å². The summed E-state index contributed by atoms with van der Waals surface area (Å²) < 4.78 is 1.86. The minimum absolute atomic E-state index is 0.548. The van der Waals surface area contributed by atoms with Gasteiger partial charge in [-0.1, -0.05) is 12.1 Å². The van der Waals surface area contributed by atoms with Crippen molar-refractivity contribution in [1.29, 1.82) is 0 Å². The Morgan fingerprint density at radius 1 is 1.16 bits per heavy atom. The quantitative estimate of drug-likeness (QED) is 0.480. The number of hydrogen-bond acceptors (Lipinski definition) is 5. The molecule has 1 aromatic carbocycles. The van der Waals surface area contributed by atoms with Crippen LogP contribution >= 0.6 is 0 Å². The van der Waals surface area contributed by atoms with Crippen LogP contribution in [0.4, 0.5) is 5.82 Å². The van der Waals surface area contributed by atoms with Gasteiger partial charge in [0.2, 0.25) is 0 Å². The number of pyridine rings is 1. The van der Waals surface area contributed by atoms with Crippen molar-refractivity contribution < 1.29 is 0 Å². The van der Waals surface area contributed by atoms with Gasteiger partial charge in [-0.2, -0.15) is 10.2 Å². The van der Waals surface area contributed by atoms with Crippen LogP contribution in [0.1, 0.15) is 31.0 Å². The summed E-state index contributed by atoms with van der Waals surface area (Å²) >= 11 is 0. The summed E-state index contributed by atoms with van der Waals surface area (Å²) in [5.41, 5.74) is 6.01. The van der Waals surface area contributed by atoms with E-state index >= 15 is 0 Å². The summed E-state index contributed by atoms with van der Waals surface area (Å²) in [6.45, 7) is 3.36. The first-order chi connectivity index (χ1) is 15.2. The van der Waals surface area contributed by atoms with E-state index in [2.05, 4.69) is 63.4 Å². The lowest BCUT2D eigenvalue weighted by atomic mass is 10.1. The molecule has 0 aliphatic carbocycles. The number of imidazole rings is 1. The molecule has 1 fully saturated rings. The summed E-state index contributed by atoms with van der Waals surface area (Å²) in [6, 6.07) is 15.2. The fraction of sp³-hybridized carbons (Fsp3) is 0.250. The van der Waals surface area contributed by atoms with E-state index in [0.29, 0.717) is 12.5 Å². The highest BCUT2D eigenvalue weighted by Crippen LogP contribution is 2.27. The first-order valence-corrected chi connectivity index (χ1v) is 10.7. The van der Waals surface area contributed by atoms with Crippen LogP contribution in [0.25, 0.3) is 27.8 Å². The minimum atomic E-state index is 0.548. The molecule has 7 heteroatoms. The monoisotopic (exact) mass is 409 g/mol. The van der Waals surface area contributed by atoms with Crippen molar-refractivity contribution in [2.45, 2.75) is 32.2 Å². The minimum Gasteiger partial charge on any atom is -0.354 e. The van der Waals surface area contributed by atoms with Crippen LogP contribution in [0.2, 0.25) is 0 Å². The molecule has 5 heterocycles. The summed E-state index contributed by atoms with van der Waals surface area (Å²) in [4.78, 5) is 11.9. The molecular weight excluding hydrogens is 386 g/mol. The van der Waals surface area contributed by atoms with Crippen molar-refractivity contribution in [3.8, 4) is 11.3 Å². The molecule has 1 aliphatic heterocycles. The fourth-order valence-corrected chi connectivity index (χ4v) is 4.55. The Bertz CT molecular complexity index is 1380. The van der Waals surface area contributed by atoms with Gasteiger partial charge < -0.3 is 4.90 Å². The molecular formula is C24H23N7. The molecule has 5 aromatic rings. The highest BCUT2D eigenvalue weighted by molar-refractivity contribution is 5.83. The predicted molar refractivity (Wildman–Crippen MR) is 121 cm³/mol. The number of H-pyrrole nitrogens is 1. The van der Waals surface area contributed by atoms with Crippen LogP contribution < -0.4 is 4.90 Å². The third-order valence-corrected chi connectivity index (χ3v) is 6.18. The highest BCUT2D eigenvalue weighted by atomic mass is 15.2. The Kier molecular flexibility index (Phi) is 4.19. The third-order valence-electron chi connectivity index (χ3n) is 6.18. The van der Waals surface area contributed by atoms with E-state index in [4.69, 9.17) is 10.1 Å². The van der Waals surface area contributed by atoms with Gasteiger partial charge >= 0.3 is 0 Å². The second-order valence-electron chi connectivity index (χ2n) is 8.27. The summed E-state index contributed by atoms with van der Waals surface area (Å²) in [7, 11) is 0. The molecule has 0 bridgehead atoms. The molecule has 31 heavy (non-hydrogen) atoms. The van der Waals surface area contributed by atoms with Crippen molar-refractivity contribution >= 4 is 22.4 Å². The molecule has 1 saturated heterocycles. The molecule has 0 radical (unpaired) electrons. The normalized spacial score (nSPS) is 16.5. The standard InChI is InChI=1S/C24H23N7/c1-16-4-3-10-30(16)23-6-2-5-20(27-23)13-18-14-22(29-31-11-9-25-24(18)31)17-7-8-21-19(12-17)15-26-28-21/h2,5-9,11-12,14-16H,3-4,10,13H2,1H3,(H,26,28). The number of fused-ring (bicyclic) bond motifs is 2. The SMILES string of the molecule is CC1CCCN1c1cccc(Cc2cc(-c3ccc4[nH]ncc4c3)nn3ccnc23)n1. The van der Waals surface area contributed by atoms with Crippen molar-refractivity contribution in [2.75, 3.05) is 11.4 Å². The van der Waals surface area contributed by atoms with Crippen LogP contribution in [0.5, 0.6) is 0 Å². The molecule has 1 aliphatic rings. The smallest absolute Gasteiger partial charge is 0.157 e. The van der Waals surface area contributed by atoms with Gasteiger partial charge in [-0.3, -0.25) is 5.10 Å². The van der Waals surface area contributed by atoms with Crippen molar-refractivity contribution in [1.82, 2.24) is 29.8 Å². The Morgan fingerprint density at radius 2 is 2.13 bits per heavy atom. The zero-order valence-corrected chi connectivity index (χ0v) is 17.4. The molecule has 1 atom stereocenters. The number of aromatic amines is 1. The second-order valence-corrected chi connectivity index (χ2v) is 8.27. The molecule has 7 nitrogen and oxygen atoms in total. The van der Waals surface area contributed by atoms with E-state index in [1.54, 1.807) is 6.20 Å². The topological polar surface area (TPSA) is 75.0 Å². The largest absolute Gasteiger partial charge is 0.354 e. The third kappa shape index (κ3) is 3.22. The van der Waals surface area contributed by atoms with Gasteiger partial charge in [0.05, 0.1) is 17.4 Å². The van der Waals surface area contributed by atoms with Gasteiger partial charge in [0, 0.05) is 53.6 Å². The molecule has 0 amide bonds. The van der Waals surface area contributed by atoms with Crippen LogP contribution in [0, 0.1) is 0 Å². The number of hydrogen-bond donors (Lipinski definition) is 1. The summed E-state index contributed by atoms with van der Waals surface area (Å²) in [5.74, 6) is 1.07. The fourth-order valence-electron chi connectivity index (χ4n) is 4.55. The van der Waals surface area contributed by atoms with Crippen molar-refractivity contribution in [3.63, 3.8) is 0 Å². The van der Waals surface area contributed by atoms with E-state index in [1.807, 2.05) is 23.0 Å². The van der Waals surface area contributed by atoms with Gasteiger partial charge in [-0.25, -0.2) is 14.5 Å². The number of anilines is 1. The number of aromatic nitrogens is 6. The zero-order valence-electron chi connectivity index (χ0n) is 17.4. The molecule has 1 N–H and O–H groups in total. The molecule has 0 spiro atoms. The lowest BCUT2D eigenvalue weighted by molar-refractivity contribution is 0.725. The maximum absolute atomic E-state index is 4.98. The Morgan fingerprint density at radius 3 is 3.03 bits per heavy atom. The first kappa shape index (κ1) is 18.1. The maximum atomic E-state index is 4.98.